The number of fused-ring (bicyclic) bond motifs is 9. The fourth-order valence-electron chi connectivity index (χ4n) is 6.38. The number of aromatic nitrogens is 9. The maximum absolute atomic E-state index is 6.18. The van der Waals surface area contributed by atoms with E-state index in [1.165, 1.54) is 36.8 Å². The van der Waals surface area contributed by atoms with Gasteiger partial charge in [-0.25, -0.2) is 0 Å². The fraction of sp³-hybridized carbons (Fsp3) is 0.0323. The predicted octanol–water partition coefficient (Wildman–Crippen LogP) is 6.15. The molecule has 0 fully saturated rings. The third kappa shape index (κ3) is 3.03. The van der Waals surface area contributed by atoms with Gasteiger partial charge in [0.1, 0.15) is 0 Å². The first-order chi connectivity index (χ1) is 20.6. The molecule has 0 unspecified atom stereocenters. The van der Waals surface area contributed by atoms with E-state index < -0.39 is 5.41 Å². The van der Waals surface area contributed by atoms with Crippen LogP contribution in [-0.2, 0) is 5.41 Å². The summed E-state index contributed by atoms with van der Waals surface area (Å²) < 4.78 is 4.48. The first kappa shape index (κ1) is 23.6. The van der Waals surface area contributed by atoms with Crippen molar-refractivity contribution in [3.8, 4) is 22.5 Å². The average Bonchev–Trinajstić information content (AvgIpc) is 3.79. The van der Waals surface area contributed by atoms with Crippen LogP contribution in [0.2, 0.25) is 10.6 Å². The van der Waals surface area contributed by atoms with Crippen LogP contribution in [-0.4, -0.2) is 43.8 Å². The van der Waals surface area contributed by atoms with E-state index in [2.05, 4.69) is 123 Å². The first-order valence-electron chi connectivity index (χ1n) is 13.2. The summed E-state index contributed by atoms with van der Waals surface area (Å²) >= 11 is 12.4. The lowest BCUT2D eigenvalue weighted by atomic mass is 9.67. The Bertz CT molecular complexity index is 2230. The second-order valence-electron chi connectivity index (χ2n) is 10.1. The zero-order valence-corrected chi connectivity index (χ0v) is 23.1. The normalized spacial score (nSPS) is 13.7. The Morgan fingerprint density at radius 1 is 0.500 bits per heavy atom. The summed E-state index contributed by atoms with van der Waals surface area (Å²) in [7, 11) is 0. The van der Waals surface area contributed by atoms with E-state index in [0.29, 0.717) is 23.2 Å². The van der Waals surface area contributed by atoms with Crippen molar-refractivity contribution in [1.82, 2.24) is 43.8 Å². The van der Waals surface area contributed by atoms with Crippen LogP contribution in [0.25, 0.3) is 39.8 Å². The van der Waals surface area contributed by atoms with Crippen LogP contribution in [0.5, 0.6) is 0 Å². The van der Waals surface area contributed by atoms with Crippen LogP contribution < -0.4 is 0 Å². The Hall–Kier alpha value is -5.12. The Morgan fingerprint density at radius 2 is 1.02 bits per heavy atom. The molecule has 200 valence electrons. The molecule has 4 aromatic heterocycles. The summed E-state index contributed by atoms with van der Waals surface area (Å²) in [6, 6.07) is 36.3. The van der Waals surface area contributed by atoms with Crippen molar-refractivity contribution in [3.05, 3.63) is 136 Å². The van der Waals surface area contributed by atoms with Crippen LogP contribution in [0.1, 0.15) is 22.3 Å². The van der Waals surface area contributed by atoms with Gasteiger partial charge in [-0.2, -0.15) is 28.5 Å². The summed E-state index contributed by atoms with van der Waals surface area (Å²) in [5, 5.41) is 13.5. The smallest absolute Gasteiger partial charge is 0.189 e. The van der Waals surface area contributed by atoms with E-state index in [4.69, 9.17) is 33.3 Å². The van der Waals surface area contributed by atoms with Gasteiger partial charge < -0.3 is 0 Å². The Morgan fingerprint density at radius 3 is 1.67 bits per heavy atom. The van der Waals surface area contributed by atoms with Gasteiger partial charge >= 0.3 is 0 Å². The van der Waals surface area contributed by atoms with Crippen molar-refractivity contribution < 1.29 is 0 Å². The molecular weight excluding hydrogens is 569 g/mol. The highest BCUT2D eigenvalue weighted by Gasteiger charge is 2.46. The van der Waals surface area contributed by atoms with E-state index in [1.807, 2.05) is 0 Å². The highest BCUT2D eigenvalue weighted by atomic mass is 35.5. The zero-order chi connectivity index (χ0) is 28.0. The zero-order valence-electron chi connectivity index (χ0n) is 21.6. The minimum atomic E-state index is -0.538. The van der Waals surface area contributed by atoms with Gasteiger partial charge in [-0.15, -0.1) is 15.3 Å². The van der Waals surface area contributed by atoms with Gasteiger partial charge in [-0.3, -0.25) is 0 Å². The number of benzene rings is 4. The second-order valence-corrected chi connectivity index (χ2v) is 10.8. The van der Waals surface area contributed by atoms with Crippen molar-refractivity contribution in [3.63, 3.8) is 0 Å². The summed E-state index contributed by atoms with van der Waals surface area (Å²) in [6.45, 7) is 0. The minimum Gasteiger partial charge on any atom is -0.189 e. The lowest BCUT2D eigenvalue weighted by Crippen LogP contribution is -2.28. The first-order valence-corrected chi connectivity index (χ1v) is 14.0. The van der Waals surface area contributed by atoms with Crippen LogP contribution in [0, 0.1) is 0 Å². The predicted molar refractivity (Wildman–Crippen MR) is 159 cm³/mol. The lowest BCUT2D eigenvalue weighted by molar-refractivity contribution is 0.768. The Kier molecular flexibility index (Phi) is 4.74. The van der Waals surface area contributed by atoms with E-state index in [9.17, 15) is 0 Å². The van der Waals surface area contributed by atoms with Gasteiger partial charge in [-0.05, 0) is 62.6 Å². The van der Waals surface area contributed by atoms with Crippen LogP contribution in [0.3, 0.4) is 0 Å². The summed E-state index contributed by atoms with van der Waals surface area (Å²) in [5.41, 5.74) is 7.42. The fourth-order valence-corrected chi connectivity index (χ4v) is 6.68. The molecule has 0 N–H and O–H groups in total. The van der Waals surface area contributed by atoms with E-state index in [0.717, 1.165) is 11.1 Å². The molecule has 1 aliphatic rings. The number of hydrogen-bond donors (Lipinski definition) is 0. The van der Waals surface area contributed by atoms with Crippen molar-refractivity contribution in [2.75, 3.05) is 0 Å². The number of rotatable bonds is 3. The molecule has 9 nitrogen and oxygen atoms in total. The molecule has 0 saturated carbocycles. The summed E-state index contributed by atoms with van der Waals surface area (Å²) in [4.78, 5) is 13.5. The van der Waals surface area contributed by atoms with Crippen LogP contribution in [0.4, 0.5) is 0 Å². The van der Waals surface area contributed by atoms with Gasteiger partial charge in [0, 0.05) is 5.56 Å². The van der Waals surface area contributed by atoms with Crippen molar-refractivity contribution >= 4 is 40.5 Å². The monoisotopic (exact) mass is 585 g/mol. The number of hydrogen-bond acceptors (Lipinski definition) is 6. The highest BCUT2D eigenvalue weighted by molar-refractivity contribution is 6.28. The third-order valence-electron chi connectivity index (χ3n) is 8.00. The molecule has 0 amide bonds. The van der Waals surface area contributed by atoms with Gasteiger partial charge in [0.2, 0.25) is 10.6 Å². The SMILES string of the molecule is Clc1nc2n(n1)c1nc(Cl)nn1c1nc(-c3ccc4c(c3)C(c3ccccc3)(c3ccccc3)c3ccccc3-4)nn21. The van der Waals surface area contributed by atoms with E-state index >= 15 is 0 Å². The Balaban J connectivity index is 1.35. The summed E-state index contributed by atoms with van der Waals surface area (Å²) in [5.74, 6) is 1.56. The molecular formula is C31H17Cl2N9. The molecule has 11 heteroatoms. The molecule has 0 atom stereocenters. The lowest BCUT2D eigenvalue weighted by Gasteiger charge is -2.34. The van der Waals surface area contributed by atoms with Gasteiger partial charge in [0.05, 0.1) is 5.41 Å². The van der Waals surface area contributed by atoms with Gasteiger partial charge in [0.25, 0.3) is 17.3 Å². The van der Waals surface area contributed by atoms with Crippen molar-refractivity contribution in [2.24, 2.45) is 0 Å². The molecule has 0 spiro atoms. The molecule has 8 aromatic rings. The Labute approximate surface area is 247 Å². The quantitative estimate of drug-likeness (QED) is 0.247. The number of nitrogens with zero attached hydrogens (tertiary/aromatic N) is 9. The largest absolute Gasteiger partial charge is 0.261 e. The van der Waals surface area contributed by atoms with Crippen LogP contribution in [0.15, 0.2) is 103 Å². The molecule has 42 heavy (non-hydrogen) atoms. The molecule has 1 aliphatic carbocycles. The molecule has 0 aliphatic heterocycles. The molecule has 0 saturated heterocycles. The molecule has 9 rings (SSSR count). The van der Waals surface area contributed by atoms with E-state index in [-0.39, 0.29) is 10.6 Å². The van der Waals surface area contributed by atoms with Crippen molar-refractivity contribution in [1.29, 1.82) is 0 Å². The maximum Gasteiger partial charge on any atom is 0.261 e. The molecule has 0 radical (unpaired) electrons. The maximum atomic E-state index is 6.18. The van der Waals surface area contributed by atoms with Gasteiger partial charge in [0.15, 0.2) is 5.82 Å². The van der Waals surface area contributed by atoms with Crippen molar-refractivity contribution in [2.45, 2.75) is 5.41 Å². The highest BCUT2D eigenvalue weighted by Crippen LogP contribution is 2.56. The standard InChI is InChI=1S/C31H17Cl2N9/c32-26-35-29-40-28(41-30(42(29)39-26)36-27(33)38-41)34-25(37-40)18-15-16-22-21-13-7-8-14-23(21)31(24(22)17-18,19-9-3-1-4-10-19)20-11-5-2-6-12-20/h1-17H. The van der Waals surface area contributed by atoms with Gasteiger partial charge in [-0.1, -0.05) is 97.1 Å². The van der Waals surface area contributed by atoms with Crippen LogP contribution >= 0.6 is 23.2 Å². The molecule has 4 aromatic carbocycles. The molecule has 0 bridgehead atoms. The second kappa shape index (κ2) is 8.45. The average molecular weight is 586 g/mol. The third-order valence-corrected chi connectivity index (χ3v) is 8.32. The summed E-state index contributed by atoms with van der Waals surface area (Å²) in [6.07, 6.45) is 0. The van der Waals surface area contributed by atoms with E-state index in [1.54, 1.807) is 4.52 Å². The number of halogens is 2. The topological polar surface area (TPSA) is 90.6 Å². The molecule has 4 heterocycles. The minimum absolute atomic E-state index is 0.0476.